The SMILES string of the molecule is CC(=O)N1c2ccc(N3C[C@H]4CC[C@@H]3CN4C(=O)OC(C)(C)C)cc2C(Nc2ccccc2)[C@@H](C)[C@@H]1C. The van der Waals surface area contributed by atoms with Crippen LogP contribution in [0.1, 0.15) is 66.0 Å². The lowest BCUT2D eigenvalue weighted by molar-refractivity contribution is -0.117. The number of ether oxygens (including phenoxy) is 1. The molecule has 0 saturated carbocycles. The molecule has 37 heavy (non-hydrogen) atoms. The molecule has 6 rings (SSSR count). The maximum absolute atomic E-state index is 12.9. The molecule has 0 aliphatic carbocycles. The molecule has 1 unspecified atom stereocenters. The second kappa shape index (κ2) is 9.58. The van der Waals surface area contributed by atoms with E-state index in [9.17, 15) is 9.59 Å². The van der Waals surface area contributed by atoms with E-state index in [0.717, 1.165) is 42.0 Å². The first-order chi connectivity index (χ1) is 17.5. The molecule has 2 aromatic carbocycles. The zero-order chi connectivity index (χ0) is 26.5. The smallest absolute Gasteiger partial charge is 0.410 e. The van der Waals surface area contributed by atoms with Gasteiger partial charge in [0.2, 0.25) is 5.91 Å². The molecular formula is C30H40N4O3. The molecule has 3 saturated heterocycles. The summed E-state index contributed by atoms with van der Waals surface area (Å²) >= 11 is 0. The maximum atomic E-state index is 12.9. The van der Waals surface area contributed by atoms with Gasteiger partial charge in [0.05, 0.1) is 12.1 Å². The van der Waals surface area contributed by atoms with Crippen LogP contribution in [0.4, 0.5) is 21.9 Å². The predicted octanol–water partition coefficient (Wildman–Crippen LogP) is 5.82. The molecule has 198 valence electrons. The largest absolute Gasteiger partial charge is 0.444 e. The van der Waals surface area contributed by atoms with Gasteiger partial charge < -0.3 is 24.8 Å². The lowest BCUT2D eigenvalue weighted by atomic mass is 9.82. The third-order valence-corrected chi connectivity index (χ3v) is 8.22. The molecule has 7 nitrogen and oxygen atoms in total. The summed E-state index contributed by atoms with van der Waals surface area (Å²) in [5.74, 6) is 0.281. The van der Waals surface area contributed by atoms with E-state index in [0.29, 0.717) is 6.54 Å². The molecule has 7 heteroatoms. The fraction of sp³-hybridized carbons (Fsp3) is 0.533. The zero-order valence-corrected chi connectivity index (χ0v) is 22.9. The number of nitrogens with zero attached hydrogens (tertiary/aromatic N) is 3. The monoisotopic (exact) mass is 504 g/mol. The van der Waals surface area contributed by atoms with Gasteiger partial charge in [-0.1, -0.05) is 25.1 Å². The van der Waals surface area contributed by atoms with Crippen LogP contribution in [0.2, 0.25) is 0 Å². The molecule has 2 bridgehead atoms. The summed E-state index contributed by atoms with van der Waals surface area (Å²) in [6.07, 6.45) is 1.84. The number of hydrogen-bond donors (Lipinski definition) is 1. The number of benzene rings is 2. The van der Waals surface area contributed by atoms with Crippen molar-refractivity contribution in [2.75, 3.05) is 28.2 Å². The van der Waals surface area contributed by atoms with Gasteiger partial charge in [-0.25, -0.2) is 4.79 Å². The van der Waals surface area contributed by atoms with Gasteiger partial charge in [0.25, 0.3) is 0 Å². The zero-order valence-electron chi connectivity index (χ0n) is 22.9. The standard InChI is InChI=1S/C30H40N4O3/c1-19-20(2)34(21(3)35)27-15-14-23(16-26(27)28(19)31-22-10-8-7-9-11-22)32-17-25-13-12-24(32)18-33(25)29(36)37-30(4,5)6/h7-11,14-16,19-20,24-25,28,31H,12-13,17-18H2,1-6H3/t19-,20-,24+,25+,28?/m0/s1. The number of amides is 2. The van der Waals surface area contributed by atoms with Gasteiger partial charge in [-0.3, -0.25) is 4.79 Å². The maximum Gasteiger partial charge on any atom is 0.410 e. The van der Waals surface area contributed by atoms with Crippen molar-refractivity contribution in [1.82, 2.24) is 4.90 Å². The molecule has 1 N–H and O–H groups in total. The molecule has 4 heterocycles. The molecule has 0 aromatic heterocycles. The van der Waals surface area contributed by atoms with Gasteiger partial charge >= 0.3 is 6.09 Å². The number of anilines is 3. The Bertz CT molecular complexity index is 1160. The van der Waals surface area contributed by atoms with Crippen molar-refractivity contribution in [1.29, 1.82) is 0 Å². The minimum atomic E-state index is -0.497. The first-order valence-corrected chi connectivity index (χ1v) is 13.5. The Morgan fingerprint density at radius 2 is 1.68 bits per heavy atom. The highest BCUT2D eigenvalue weighted by atomic mass is 16.6. The van der Waals surface area contributed by atoms with E-state index in [1.54, 1.807) is 6.92 Å². The molecule has 4 aliphatic heterocycles. The Hall–Kier alpha value is -3.22. The van der Waals surface area contributed by atoms with Crippen LogP contribution in [-0.4, -0.2) is 53.7 Å². The van der Waals surface area contributed by atoms with Crippen molar-refractivity contribution < 1.29 is 14.3 Å². The Labute approximate surface area is 220 Å². The van der Waals surface area contributed by atoms with Gasteiger partial charge in [0.1, 0.15) is 5.60 Å². The lowest BCUT2D eigenvalue weighted by Gasteiger charge is -2.52. The Morgan fingerprint density at radius 3 is 2.30 bits per heavy atom. The molecule has 0 radical (unpaired) electrons. The summed E-state index contributed by atoms with van der Waals surface area (Å²) in [5, 5.41) is 3.76. The van der Waals surface area contributed by atoms with Crippen LogP contribution in [0.25, 0.3) is 0 Å². The quantitative estimate of drug-likeness (QED) is 0.571. The normalized spacial score (nSPS) is 27.1. The van der Waals surface area contributed by atoms with Gasteiger partial charge in [-0.05, 0) is 70.9 Å². The van der Waals surface area contributed by atoms with Crippen LogP contribution in [0.15, 0.2) is 48.5 Å². The van der Waals surface area contributed by atoms with Crippen molar-refractivity contribution in [3.63, 3.8) is 0 Å². The number of carbonyl (C=O) groups is 2. The van der Waals surface area contributed by atoms with Crippen molar-refractivity contribution in [2.45, 2.75) is 84.2 Å². The number of rotatable bonds is 3. The van der Waals surface area contributed by atoms with Gasteiger partial charge in [-0.15, -0.1) is 0 Å². The van der Waals surface area contributed by atoms with Gasteiger partial charge in [0.15, 0.2) is 0 Å². The molecule has 5 atom stereocenters. The van der Waals surface area contributed by atoms with E-state index in [1.807, 2.05) is 48.8 Å². The van der Waals surface area contributed by atoms with Crippen molar-refractivity contribution in [3.8, 4) is 0 Å². The summed E-state index contributed by atoms with van der Waals surface area (Å²) in [6.45, 7) is 13.2. The minimum absolute atomic E-state index is 0.0662. The van der Waals surface area contributed by atoms with Crippen LogP contribution in [-0.2, 0) is 9.53 Å². The second-order valence-electron chi connectivity index (χ2n) is 11.9. The molecule has 0 spiro atoms. The first-order valence-electron chi connectivity index (χ1n) is 13.5. The van der Waals surface area contributed by atoms with E-state index in [2.05, 4.69) is 54.4 Å². The highest BCUT2D eigenvalue weighted by molar-refractivity contribution is 5.94. The predicted molar refractivity (Wildman–Crippen MR) is 148 cm³/mol. The summed E-state index contributed by atoms with van der Waals surface area (Å²) in [6, 6.07) is 17.4. The Balaban J connectivity index is 1.46. The third kappa shape index (κ3) is 4.88. The average molecular weight is 505 g/mol. The van der Waals surface area contributed by atoms with E-state index in [1.165, 1.54) is 0 Å². The van der Waals surface area contributed by atoms with Gasteiger partial charge in [-0.2, -0.15) is 0 Å². The molecular weight excluding hydrogens is 464 g/mol. The summed E-state index contributed by atoms with van der Waals surface area (Å²) in [4.78, 5) is 31.9. The van der Waals surface area contributed by atoms with E-state index >= 15 is 0 Å². The second-order valence-corrected chi connectivity index (χ2v) is 11.9. The molecule has 4 aliphatic rings. The highest BCUT2D eigenvalue weighted by Crippen LogP contribution is 2.45. The fourth-order valence-electron chi connectivity index (χ4n) is 6.27. The third-order valence-electron chi connectivity index (χ3n) is 8.22. The summed E-state index contributed by atoms with van der Waals surface area (Å²) in [5.41, 5.74) is 3.86. The van der Waals surface area contributed by atoms with Crippen molar-refractivity contribution in [3.05, 3.63) is 54.1 Å². The van der Waals surface area contributed by atoms with Crippen LogP contribution in [0.3, 0.4) is 0 Å². The van der Waals surface area contributed by atoms with E-state index in [-0.39, 0.29) is 42.1 Å². The van der Waals surface area contributed by atoms with Crippen LogP contribution in [0.5, 0.6) is 0 Å². The number of piperazine rings is 1. The minimum Gasteiger partial charge on any atom is -0.444 e. The van der Waals surface area contributed by atoms with Crippen molar-refractivity contribution >= 4 is 29.1 Å². The van der Waals surface area contributed by atoms with Gasteiger partial charge in [0, 0.05) is 60.6 Å². The summed E-state index contributed by atoms with van der Waals surface area (Å²) in [7, 11) is 0. The van der Waals surface area contributed by atoms with E-state index in [4.69, 9.17) is 4.74 Å². The Kier molecular flexibility index (Phi) is 6.59. The highest BCUT2D eigenvalue weighted by Gasteiger charge is 2.44. The van der Waals surface area contributed by atoms with Crippen molar-refractivity contribution in [2.24, 2.45) is 5.92 Å². The number of hydrogen-bond acceptors (Lipinski definition) is 5. The molecule has 2 aromatic rings. The van der Waals surface area contributed by atoms with Crippen LogP contribution >= 0.6 is 0 Å². The Morgan fingerprint density at radius 1 is 0.973 bits per heavy atom. The number of nitrogens with one attached hydrogen (secondary N) is 1. The summed E-state index contributed by atoms with van der Waals surface area (Å²) < 4.78 is 5.69. The number of fused-ring (bicyclic) bond motifs is 4. The lowest BCUT2D eigenvalue weighted by Crippen LogP contribution is -2.64. The molecule has 2 amide bonds. The topological polar surface area (TPSA) is 65.1 Å². The number of piperidine rings is 2. The average Bonchev–Trinajstić information content (AvgIpc) is 2.86. The van der Waals surface area contributed by atoms with Crippen LogP contribution in [0, 0.1) is 5.92 Å². The van der Waals surface area contributed by atoms with E-state index < -0.39 is 5.60 Å². The first kappa shape index (κ1) is 25.4. The van der Waals surface area contributed by atoms with Crippen LogP contribution < -0.4 is 15.1 Å². The number of carbonyl (C=O) groups excluding carboxylic acids is 2. The fourth-order valence-corrected chi connectivity index (χ4v) is 6.27. The molecule has 3 fully saturated rings. The number of para-hydroxylation sites is 1.